The largest absolute Gasteiger partial charge is 0.484 e. The molecule has 38 heavy (non-hydrogen) atoms. The highest BCUT2D eigenvalue weighted by molar-refractivity contribution is 6.35. The summed E-state index contributed by atoms with van der Waals surface area (Å²) in [4.78, 5) is 28.9. The fourth-order valence-electron chi connectivity index (χ4n) is 4.02. The minimum atomic E-state index is -0.789. The predicted molar refractivity (Wildman–Crippen MR) is 155 cm³/mol. The Kier molecular flexibility index (Phi) is 10.2. The van der Waals surface area contributed by atoms with Gasteiger partial charge in [-0.3, -0.25) is 9.59 Å². The summed E-state index contributed by atoms with van der Waals surface area (Å²) in [5.41, 5.74) is 2.33. The Balaban J connectivity index is 1.93. The Labute approximate surface area is 236 Å². The molecule has 1 atom stereocenters. The predicted octanol–water partition coefficient (Wildman–Crippen LogP) is 7.05. The molecule has 0 aliphatic rings. The molecule has 3 aromatic carbocycles. The van der Waals surface area contributed by atoms with Gasteiger partial charge in [0.05, 0.1) is 0 Å². The molecule has 0 spiro atoms. The number of carbonyl (C=O) groups excluding carboxylic acids is 2. The van der Waals surface area contributed by atoms with Crippen molar-refractivity contribution in [3.63, 3.8) is 0 Å². The third kappa shape index (κ3) is 8.78. The highest BCUT2D eigenvalue weighted by Gasteiger charge is 2.32. The number of nitrogens with zero attached hydrogens (tertiary/aromatic N) is 1. The topological polar surface area (TPSA) is 58.6 Å². The molecule has 1 N–H and O–H groups in total. The number of rotatable bonds is 10. The highest BCUT2D eigenvalue weighted by Crippen LogP contribution is 2.25. The second-order valence-electron chi connectivity index (χ2n) is 10.7. The first-order chi connectivity index (χ1) is 17.9. The van der Waals surface area contributed by atoms with Crippen molar-refractivity contribution >= 4 is 35.0 Å². The number of ether oxygens (including phenoxy) is 1. The first-order valence-corrected chi connectivity index (χ1v) is 13.5. The van der Waals surface area contributed by atoms with Gasteiger partial charge < -0.3 is 15.0 Å². The number of amides is 2. The van der Waals surface area contributed by atoms with Gasteiger partial charge in [-0.2, -0.15) is 0 Å². The smallest absolute Gasteiger partial charge is 0.261 e. The summed E-state index contributed by atoms with van der Waals surface area (Å²) in [7, 11) is 0. The molecule has 0 saturated heterocycles. The number of benzene rings is 3. The highest BCUT2D eigenvalue weighted by atomic mass is 35.5. The molecule has 3 rings (SSSR count). The molecule has 0 unspecified atom stereocenters. The lowest BCUT2D eigenvalue weighted by atomic mass is 10.0. The summed E-state index contributed by atoms with van der Waals surface area (Å²) in [6.45, 7) is 9.88. The molecular weight excluding hydrogens is 519 g/mol. The summed E-state index contributed by atoms with van der Waals surface area (Å²) in [5.74, 6) is 0.409. The summed E-state index contributed by atoms with van der Waals surface area (Å²) >= 11 is 12.6. The number of nitrogens with one attached hydrogen (secondary N) is 1. The van der Waals surface area contributed by atoms with Crippen LogP contribution < -0.4 is 10.1 Å². The van der Waals surface area contributed by atoms with E-state index in [4.69, 9.17) is 27.9 Å². The van der Waals surface area contributed by atoms with Crippen LogP contribution in [0.2, 0.25) is 10.0 Å². The average molecular weight is 556 g/mol. The van der Waals surface area contributed by atoms with Crippen molar-refractivity contribution in [3.05, 3.63) is 99.5 Å². The summed E-state index contributed by atoms with van der Waals surface area (Å²) in [6.07, 6.45) is 0.336. The minimum Gasteiger partial charge on any atom is -0.484 e. The van der Waals surface area contributed by atoms with Gasteiger partial charge in [0.15, 0.2) is 6.61 Å². The van der Waals surface area contributed by atoms with E-state index in [1.165, 1.54) is 5.56 Å². The van der Waals surface area contributed by atoms with E-state index in [0.29, 0.717) is 33.7 Å². The van der Waals surface area contributed by atoms with Crippen LogP contribution in [0.1, 0.15) is 57.2 Å². The summed E-state index contributed by atoms with van der Waals surface area (Å²) < 4.78 is 5.87. The van der Waals surface area contributed by atoms with Crippen LogP contribution in [0.25, 0.3) is 0 Å². The molecule has 7 heteroatoms. The summed E-state index contributed by atoms with van der Waals surface area (Å²) in [6, 6.07) is 21.7. The fraction of sp³-hybridized carbons (Fsp3) is 0.355. The van der Waals surface area contributed by atoms with Gasteiger partial charge >= 0.3 is 0 Å². The van der Waals surface area contributed by atoms with Gasteiger partial charge in [-0.25, -0.2) is 0 Å². The normalized spacial score (nSPS) is 12.2. The zero-order valence-corrected chi connectivity index (χ0v) is 24.1. The molecule has 0 fully saturated rings. The van der Waals surface area contributed by atoms with E-state index in [2.05, 4.69) is 19.2 Å². The van der Waals surface area contributed by atoms with Gasteiger partial charge in [0, 0.05) is 28.5 Å². The van der Waals surface area contributed by atoms with Crippen molar-refractivity contribution in [2.45, 2.75) is 65.1 Å². The maximum Gasteiger partial charge on any atom is 0.261 e. The van der Waals surface area contributed by atoms with Gasteiger partial charge in [-0.05, 0) is 67.6 Å². The fourth-order valence-corrected chi connectivity index (χ4v) is 4.49. The number of hydrogen-bond acceptors (Lipinski definition) is 3. The van der Waals surface area contributed by atoms with Crippen LogP contribution >= 0.6 is 23.2 Å². The monoisotopic (exact) mass is 554 g/mol. The van der Waals surface area contributed by atoms with Gasteiger partial charge in [0.2, 0.25) is 5.91 Å². The Morgan fingerprint density at radius 3 is 2.18 bits per heavy atom. The Morgan fingerprint density at radius 2 is 1.61 bits per heavy atom. The van der Waals surface area contributed by atoms with Crippen molar-refractivity contribution in [2.75, 3.05) is 6.61 Å². The third-order valence-electron chi connectivity index (χ3n) is 6.03. The minimum absolute atomic E-state index is 0.125. The van der Waals surface area contributed by atoms with Crippen molar-refractivity contribution in [2.24, 2.45) is 0 Å². The van der Waals surface area contributed by atoms with Gasteiger partial charge in [0.25, 0.3) is 5.91 Å². The molecule has 0 aromatic heterocycles. The Morgan fingerprint density at radius 1 is 0.947 bits per heavy atom. The lowest BCUT2D eigenvalue weighted by Gasteiger charge is -2.34. The molecular formula is C31H36Cl2N2O3. The lowest BCUT2D eigenvalue weighted by Crippen LogP contribution is -2.55. The summed E-state index contributed by atoms with van der Waals surface area (Å²) in [5, 5.41) is 3.97. The van der Waals surface area contributed by atoms with Crippen molar-refractivity contribution in [1.82, 2.24) is 10.2 Å². The first kappa shape index (κ1) is 29.5. The van der Waals surface area contributed by atoms with Crippen LogP contribution in [0, 0.1) is 0 Å². The van der Waals surface area contributed by atoms with Gasteiger partial charge in [-0.1, -0.05) is 85.6 Å². The van der Waals surface area contributed by atoms with E-state index >= 15 is 0 Å². The van der Waals surface area contributed by atoms with E-state index in [-0.39, 0.29) is 25.0 Å². The standard InChI is InChI=1S/C31H36Cl2N2O3/c1-21(2)23-12-15-26(16-13-23)38-20-29(36)35(19-24-11-14-25(32)18-27(24)33)28(30(37)34-31(3,4)5)17-22-9-7-6-8-10-22/h6-16,18,21,28H,17,19-20H2,1-5H3,(H,34,37)/t28-/m1/s1. The molecule has 0 bridgehead atoms. The quantitative estimate of drug-likeness (QED) is 0.292. The van der Waals surface area contributed by atoms with Crippen molar-refractivity contribution < 1.29 is 14.3 Å². The van der Waals surface area contributed by atoms with Crippen LogP contribution in [0.3, 0.4) is 0 Å². The molecule has 0 radical (unpaired) electrons. The molecule has 2 amide bonds. The van der Waals surface area contributed by atoms with Gasteiger partial charge in [-0.15, -0.1) is 0 Å². The van der Waals surface area contributed by atoms with Crippen LogP contribution in [0.5, 0.6) is 5.75 Å². The molecule has 3 aromatic rings. The number of hydrogen-bond donors (Lipinski definition) is 1. The first-order valence-electron chi connectivity index (χ1n) is 12.7. The van der Waals surface area contributed by atoms with Gasteiger partial charge in [0.1, 0.15) is 11.8 Å². The van der Waals surface area contributed by atoms with E-state index < -0.39 is 11.6 Å². The SMILES string of the molecule is CC(C)c1ccc(OCC(=O)N(Cc2ccc(Cl)cc2Cl)[C@H](Cc2ccccc2)C(=O)NC(C)(C)C)cc1. The third-order valence-corrected chi connectivity index (χ3v) is 6.62. The van der Waals surface area contributed by atoms with E-state index in [1.54, 1.807) is 23.1 Å². The van der Waals surface area contributed by atoms with Crippen LogP contribution in [-0.4, -0.2) is 34.9 Å². The van der Waals surface area contributed by atoms with Crippen LogP contribution in [0.4, 0.5) is 0 Å². The van der Waals surface area contributed by atoms with E-state index in [1.807, 2.05) is 75.4 Å². The average Bonchev–Trinajstić information content (AvgIpc) is 2.85. The van der Waals surface area contributed by atoms with Crippen LogP contribution in [0.15, 0.2) is 72.8 Å². The lowest BCUT2D eigenvalue weighted by molar-refractivity contribution is -0.143. The molecule has 0 heterocycles. The second-order valence-corrected chi connectivity index (χ2v) is 11.6. The zero-order valence-electron chi connectivity index (χ0n) is 22.6. The Hall–Kier alpha value is -3.02. The molecule has 0 aliphatic heterocycles. The van der Waals surface area contributed by atoms with E-state index in [0.717, 1.165) is 5.56 Å². The van der Waals surface area contributed by atoms with E-state index in [9.17, 15) is 9.59 Å². The molecule has 0 saturated carbocycles. The van der Waals surface area contributed by atoms with Crippen molar-refractivity contribution in [3.8, 4) is 5.75 Å². The Bertz CT molecular complexity index is 1220. The van der Waals surface area contributed by atoms with Crippen LogP contribution in [-0.2, 0) is 22.6 Å². The number of halogens is 2. The maximum absolute atomic E-state index is 13.7. The zero-order chi connectivity index (χ0) is 27.9. The molecule has 0 aliphatic carbocycles. The molecule has 202 valence electrons. The second kappa shape index (κ2) is 13.2. The number of carbonyl (C=O) groups is 2. The van der Waals surface area contributed by atoms with Crippen molar-refractivity contribution in [1.29, 1.82) is 0 Å². The molecule has 5 nitrogen and oxygen atoms in total. The maximum atomic E-state index is 13.7.